The van der Waals surface area contributed by atoms with Crippen molar-refractivity contribution in [2.75, 3.05) is 31.9 Å². The number of anilines is 1. The van der Waals surface area contributed by atoms with Gasteiger partial charge in [-0.3, -0.25) is 14.2 Å². The van der Waals surface area contributed by atoms with Crippen LogP contribution in [0.15, 0.2) is 39.6 Å². The van der Waals surface area contributed by atoms with Crippen molar-refractivity contribution >= 4 is 44.9 Å². The highest BCUT2D eigenvalue weighted by Crippen LogP contribution is 2.29. The van der Waals surface area contributed by atoms with Crippen molar-refractivity contribution in [1.29, 1.82) is 0 Å². The zero-order valence-corrected chi connectivity index (χ0v) is 16.9. The number of rotatable bonds is 8. The Kier molecular flexibility index (Phi) is 6.55. The second-order valence-corrected chi connectivity index (χ2v) is 7.47. The number of hydrogen-bond acceptors (Lipinski definition) is 8. The van der Waals surface area contributed by atoms with E-state index in [1.807, 2.05) is 0 Å². The van der Waals surface area contributed by atoms with E-state index >= 15 is 0 Å². The summed E-state index contributed by atoms with van der Waals surface area (Å²) in [5.74, 6) is 0.847. The normalized spacial score (nSPS) is 10.8. The summed E-state index contributed by atoms with van der Waals surface area (Å²) in [6, 6.07) is 6.86. The molecule has 2 aromatic heterocycles. The van der Waals surface area contributed by atoms with Crippen LogP contribution in [0.5, 0.6) is 11.5 Å². The van der Waals surface area contributed by atoms with E-state index in [-0.39, 0.29) is 30.4 Å². The van der Waals surface area contributed by atoms with Crippen molar-refractivity contribution in [3.63, 3.8) is 0 Å². The first kappa shape index (κ1) is 20.2. The van der Waals surface area contributed by atoms with Crippen LogP contribution >= 0.6 is 23.1 Å². The zero-order valence-electron chi connectivity index (χ0n) is 15.3. The fourth-order valence-corrected chi connectivity index (χ4v) is 4.16. The highest BCUT2D eigenvalue weighted by Gasteiger charge is 2.15. The van der Waals surface area contributed by atoms with Gasteiger partial charge in [0.2, 0.25) is 5.91 Å². The molecule has 0 bridgehead atoms. The number of nitrogens with zero attached hydrogens (tertiary/aromatic N) is 2. The summed E-state index contributed by atoms with van der Waals surface area (Å²) >= 11 is 2.44. The van der Waals surface area contributed by atoms with E-state index in [1.165, 1.54) is 30.1 Å². The summed E-state index contributed by atoms with van der Waals surface area (Å²) in [4.78, 5) is 29.5. The largest absolute Gasteiger partial charge is 0.497 e. The smallest absolute Gasteiger partial charge is 0.272 e. The van der Waals surface area contributed by atoms with Crippen LogP contribution in [0.3, 0.4) is 0 Å². The predicted molar refractivity (Wildman–Crippen MR) is 110 cm³/mol. The first-order chi connectivity index (χ1) is 13.6. The van der Waals surface area contributed by atoms with Gasteiger partial charge in [0.25, 0.3) is 5.56 Å². The van der Waals surface area contributed by atoms with Gasteiger partial charge in [-0.1, -0.05) is 11.8 Å². The minimum Gasteiger partial charge on any atom is -0.497 e. The van der Waals surface area contributed by atoms with Gasteiger partial charge in [-0.15, -0.1) is 11.3 Å². The highest BCUT2D eigenvalue weighted by molar-refractivity contribution is 7.99. The molecule has 2 N–H and O–H groups in total. The average molecular weight is 422 g/mol. The molecule has 3 aromatic rings. The number of aliphatic hydroxyl groups excluding tert-OH is 1. The maximum absolute atomic E-state index is 12.6. The van der Waals surface area contributed by atoms with Gasteiger partial charge in [0.05, 0.1) is 44.3 Å². The van der Waals surface area contributed by atoms with Gasteiger partial charge in [-0.25, -0.2) is 4.98 Å². The number of aromatic nitrogens is 2. The SMILES string of the molecule is COc1ccc(OC)c(NC(=O)CSc2nc3ccsc3c(=O)n2CCO)c1. The summed E-state index contributed by atoms with van der Waals surface area (Å²) in [7, 11) is 3.05. The third kappa shape index (κ3) is 4.29. The van der Waals surface area contributed by atoms with Crippen LogP contribution in [0.25, 0.3) is 10.2 Å². The molecule has 2 heterocycles. The Balaban J connectivity index is 1.78. The number of carbonyl (C=O) groups excluding carboxylic acids is 1. The van der Waals surface area contributed by atoms with E-state index in [0.29, 0.717) is 32.6 Å². The second kappa shape index (κ2) is 9.09. The number of methoxy groups -OCH3 is 2. The van der Waals surface area contributed by atoms with Crippen molar-refractivity contribution in [2.45, 2.75) is 11.7 Å². The third-order valence-corrected chi connectivity index (χ3v) is 5.74. The second-order valence-electron chi connectivity index (χ2n) is 5.61. The standard InChI is InChI=1S/C18H19N3O5S2/c1-25-11-3-4-14(26-2)13(9-11)19-15(23)10-28-18-20-12-5-8-27-16(12)17(24)21(18)6-7-22/h3-5,8-9,22H,6-7,10H2,1-2H3,(H,19,23). The van der Waals surface area contributed by atoms with Crippen LogP contribution in [-0.2, 0) is 11.3 Å². The summed E-state index contributed by atoms with van der Waals surface area (Å²) in [6.45, 7) is -0.0768. The molecule has 28 heavy (non-hydrogen) atoms. The molecule has 0 radical (unpaired) electrons. The average Bonchev–Trinajstić information content (AvgIpc) is 3.17. The molecule has 1 aromatic carbocycles. The van der Waals surface area contributed by atoms with E-state index < -0.39 is 0 Å². The van der Waals surface area contributed by atoms with E-state index in [2.05, 4.69) is 10.3 Å². The van der Waals surface area contributed by atoms with Gasteiger partial charge in [-0.05, 0) is 23.6 Å². The molecule has 148 valence electrons. The number of carbonyl (C=O) groups is 1. The summed E-state index contributed by atoms with van der Waals surface area (Å²) in [5, 5.41) is 14.2. The van der Waals surface area contributed by atoms with Crippen LogP contribution < -0.4 is 20.3 Å². The number of nitrogens with one attached hydrogen (secondary N) is 1. The number of thiophene rings is 1. The summed E-state index contributed by atoms with van der Waals surface area (Å²) in [6.07, 6.45) is 0. The Labute approximate surface area is 169 Å². The molecule has 1 amide bonds. The molecular weight excluding hydrogens is 402 g/mol. The first-order valence-corrected chi connectivity index (χ1v) is 10.2. The number of ether oxygens (including phenoxy) is 2. The minimum absolute atomic E-state index is 0.0356. The maximum Gasteiger partial charge on any atom is 0.272 e. The molecule has 0 spiro atoms. The molecule has 8 nitrogen and oxygen atoms in total. The zero-order chi connectivity index (χ0) is 20.1. The maximum atomic E-state index is 12.6. The molecular formula is C18H19N3O5S2. The van der Waals surface area contributed by atoms with Crippen molar-refractivity contribution in [3.8, 4) is 11.5 Å². The topological polar surface area (TPSA) is 103 Å². The minimum atomic E-state index is -0.285. The van der Waals surface area contributed by atoms with Crippen LogP contribution in [0.4, 0.5) is 5.69 Å². The lowest BCUT2D eigenvalue weighted by atomic mass is 10.2. The van der Waals surface area contributed by atoms with E-state index in [1.54, 1.807) is 29.6 Å². The van der Waals surface area contributed by atoms with E-state index in [9.17, 15) is 14.7 Å². The number of fused-ring (bicyclic) bond motifs is 1. The Morgan fingerprint density at radius 1 is 1.32 bits per heavy atom. The molecule has 0 fully saturated rings. The van der Waals surface area contributed by atoms with Crippen LogP contribution in [-0.4, -0.2) is 47.1 Å². The Bertz CT molecular complexity index is 1050. The van der Waals surface area contributed by atoms with Crippen molar-refractivity contribution in [3.05, 3.63) is 40.0 Å². The van der Waals surface area contributed by atoms with E-state index in [4.69, 9.17) is 9.47 Å². The van der Waals surface area contributed by atoms with Gasteiger partial charge in [0, 0.05) is 6.07 Å². The molecule has 0 unspecified atom stereocenters. The number of benzene rings is 1. The van der Waals surface area contributed by atoms with E-state index in [0.717, 1.165) is 11.8 Å². The molecule has 0 aliphatic carbocycles. The molecule has 0 atom stereocenters. The monoisotopic (exact) mass is 421 g/mol. The molecule has 0 aliphatic heterocycles. The lowest BCUT2D eigenvalue weighted by Gasteiger charge is -2.13. The molecule has 0 saturated heterocycles. The Hall–Kier alpha value is -2.56. The van der Waals surface area contributed by atoms with Crippen molar-refractivity contribution in [1.82, 2.24) is 9.55 Å². The van der Waals surface area contributed by atoms with Gasteiger partial charge >= 0.3 is 0 Å². The summed E-state index contributed by atoms with van der Waals surface area (Å²) in [5.41, 5.74) is 0.856. The van der Waals surface area contributed by atoms with Gasteiger partial charge in [0.15, 0.2) is 5.16 Å². The van der Waals surface area contributed by atoms with Crippen molar-refractivity contribution < 1.29 is 19.4 Å². The van der Waals surface area contributed by atoms with Gasteiger partial charge in [-0.2, -0.15) is 0 Å². The van der Waals surface area contributed by atoms with Crippen LogP contribution in [0, 0.1) is 0 Å². The number of hydrogen-bond donors (Lipinski definition) is 2. The van der Waals surface area contributed by atoms with Crippen LogP contribution in [0.1, 0.15) is 0 Å². The lowest BCUT2D eigenvalue weighted by molar-refractivity contribution is -0.113. The molecule has 0 saturated carbocycles. The fraction of sp³-hybridized carbons (Fsp3) is 0.278. The Morgan fingerprint density at radius 3 is 2.86 bits per heavy atom. The van der Waals surface area contributed by atoms with Crippen molar-refractivity contribution in [2.24, 2.45) is 0 Å². The van der Waals surface area contributed by atoms with Gasteiger partial charge in [0.1, 0.15) is 16.2 Å². The molecule has 0 aliphatic rings. The van der Waals surface area contributed by atoms with Gasteiger partial charge < -0.3 is 19.9 Å². The fourth-order valence-electron chi connectivity index (χ4n) is 2.56. The number of aliphatic hydroxyl groups is 1. The molecule has 10 heteroatoms. The lowest BCUT2D eigenvalue weighted by Crippen LogP contribution is -2.25. The number of thioether (sulfide) groups is 1. The first-order valence-electron chi connectivity index (χ1n) is 8.31. The highest BCUT2D eigenvalue weighted by atomic mass is 32.2. The Morgan fingerprint density at radius 2 is 2.14 bits per heavy atom. The van der Waals surface area contributed by atoms with Crippen LogP contribution in [0.2, 0.25) is 0 Å². The molecule has 3 rings (SSSR count). The third-order valence-electron chi connectivity index (χ3n) is 3.87. The quantitative estimate of drug-likeness (QED) is 0.425. The predicted octanol–water partition coefficient (Wildman–Crippen LogP) is 2.20. The number of amides is 1. The summed E-state index contributed by atoms with van der Waals surface area (Å²) < 4.78 is 12.3.